The summed E-state index contributed by atoms with van der Waals surface area (Å²) in [5.74, 6) is 0.633. The number of sulfonamides is 1. The zero-order chi connectivity index (χ0) is 25.5. The van der Waals surface area contributed by atoms with Crippen LogP contribution in [0.2, 0.25) is 0 Å². The van der Waals surface area contributed by atoms with Gasteiger partial charge >= 0.3 is 6.18 Å². The molecule has 3 aromatic rings. The van der Waals surface area contributed by atoms with Crippen LogP contribution in [0.3, 0.4) is 0 Å². The summed E-state index contributed by atoms with van der Waals surface area (Å²) in [6.07, 6.45) is 1.46. The number of methoxy groups -OCH3 is 1. The molecule has 0 amide bonds. The Morgan fingerprint density at radius 1 is 1.14 bits per heavy atom. The maximum absolute atomic E-state index is 13.7. The van der Waals surface area contributed by atoms with Gasteiger partial charge in [0.1, 0.15) is 17.2 Å². The highest BCUT2D eigenvalue weighted by Gasteiger charge is 2.36. The summed E-state index contributed by atoms with van der Waals surface area (Å²) in [7, 11) is -1.95. The van der Waals surface area contributed by atoms with Crippen molar-refractivity contribution >= 4 is 44.2 Å². The van der Waals surface area contributed by atoms with E-state index in [2.05, 4.69) is 25.6 Å². The van der Waals surface area contributed by atoms with E-state index in [-0.39, 0.29) is 34.6 Å². The summed E-state index contributed by atoms with van der Waals surface area (Å²) in [6.45, 7) is 0.391. The number of nitrogens with one attached hydrogen (secondary N) is 3. The molecule has 3 N–H and O–H groups in total. The van der Waals surface area contributed by atoms with Gasteiger partial charge in [-0.2, -0.15) is 23.1 Å². The SMILES string of the molecule is COc1cc(N2CCCCS2(=O)=O)ccc1Nc1nc(NC2CCCC2)c2c(C(F)(F)F)c[nH]c2n1. The first-order chi connectivity index (χ1) is 17.2. The summed E-state index contributed by atoms with van der Waals surface area (Å²) in [4.78, 5) is 11.3. The lowest BCUT2D eigenvalue weighted by Crippen LogP contribution is -2.37. The molecular weight excluding hydrogens is 497 g/mol. The van der Waals surface area contributed by atoms with E-state index in [0.717, 1.165) is 38.3 Å². The molecule has 0 unspecified atom stereocenters. The number of aromatic amines is 1. The first kappa shape index (κ1) is 24.5. The van der Waals surface area contributed by atoms with Crippen LogP contribution in [0.1, 0.15) is 44.1 Å². The van der Waals surface area contributed by atoms with Gasteiger partial charge in [0, 0.05) is 24.8 Å². The second-order valence-corrected chi connectivity index (χ2v) is 11.1. The number of nitrogens with zero attached hydrogens (tertiary/aromatic N) is 3. The number of ether oxygens (including phenoxy) is 1. The number of halogens is 3. The van der Waals surface area contributed by atoms with Crippen LogP contribution in [-0.4, -0.2) is 48.8 Å². The van der Waals surface area contributed by atoms with E-state index < -0.39 is 21.8 Å². The fraction of sp³-hybridized carbons (Fsp3) is 0.478. The molecule has 9 nitrogen and oxygen atoms in total. The molecule has 2 fully saturated rings. The fourth-order valence-electron chi connectivity index (χ4n) is 4.82. The second kappa shape index (κ2) is 9.34. The van der Waals surface area contributed by atoms with Crippen molar-refractivity contribution in [1.82, 2.24) is 15.0 Å². The molecule has 1 aliphatic carbocycles. The average Bonchev–Trinajstić information content (AvgIpc) is 3.49. The van der Waals surface area contributed by atoms with Crippen LogP contribution in [0.25, 0.3) is 11.0 Å². The van der Waals surface area contributed by atoms with Gasteiger partial charge < -0.3 is 20.4 Å². The van der Waals surface area contributed by atoms with Crippen molar-refractivity contribution in [3.63, 3.8) is 0 Å². The van der Waals surface area contributed by atoms with Crippen LogP contribution in [0, 0.1) is 0 Å². The molecule has 194 valence electrons. The Balaban J connectivity index is 1.50. The minimum Gasteiger partial charge on any atom is -0.494 e. The highest BCUT2D eigenvalue weighted by molar-refractivity contribution is 7.92. The number of alkyl halides is 3. The van der Waals surface area contributed by atoms with E-state index in [0.29, 0.717) is 30.1 Å². The number of hydrogen-bond donors (Lipinski definition) is 3. The molecule has 13 heteroatoms. The molecule has 36 heavy (non-hydrogen) atoms. The Kier molecular flexibility index (Phi) is 6.35. The van der Waals surface area contributed by atoms with Crippen molar-refractivity contribution in [2.45, 2.75) is 50.7 Å². The Bertz CT molecular complexity index is 1370. The molecule has 1 saturated carbocycles. The van der Waals surface area contributed by atoms with Gasteiger partial charge in [-0.15, -0.1) is 0 Å². The first-order valence-electron chi connectivity index (χ1n) is 11.8. The minimum absolute atomic E-state index is 0.0345. The second-order valence-electron chi connectivity index (χ2n) is 9.05. The number of hydrogen-bond acceptors (Lipinski definition) is 7. The number of rotatable bonds is 6. The third kappa shape index (κ3) is 4.75. The van der Waals surface area contributed by atoms with Crippen molar-refractivity contribution in [3.8, 4) is 5.75 Å². The van der Waals surface area contributed by atoms with Crippen molar-refractivity contribution in [2.75, 3.05) is 34.3 Å². The molecule has 2 aliphatic rings. The van der Waals surface area contributed by atoms with Gasteiger partial charge in [0.2, 0.25) is 16.0 Å². The highest BCUT2D eigenvalue weighted by atomic mass is 32.2. The molecule has 0 bridgehead atoms. The minimum atomic E-state index is -4.56. The summed E-state index contributed by atoms with van der Waals surface area (Å²) in [6, 6.07) is 4.94. The summed E-state index contributed by atoms with van der Waals surface area (Å²) >= 11 is 0. The largest absolute Gasteiger partial charge is 0.494 e. The third-order valence-corrected chi connectivity index (χ3v) is 8.47. The molecule has 3 heterocycles. The maximum Gasteiger partial charge on any atom is 0.418 e. The molecule has 1 aliphatic heterocycles. The zero-order valence-corrected chi connectivity index (χ0v) is 20.5. The monoisotopic (exact) mass is 524 g/mol. The molecule has 2 aromatic heterocycles. The number of fused-ring (bicyclic) bond motifs is 1. The smallest absolute Gasteiger partial charge is 0.418 e. The third-order valence-electron chi connectivity index (χ3n) is 6.60. The summed E-state index contributed by atoms with van der Waals surface area (Å²) in [5, 5.41) is 6.11. The Morgan fingerprint density at radius 2 is 1.92 bits per heavy atom. The Labute approximate surface area is 206 Å². The lowest BCUT2D eigenvalue weighted by molar-refractivity contribution is -0.136. The lowest BCUT2D eigenvalue weighted by Gasteiger charge is -2.28. The standard InChI is InChI=1S/C23H27F3N6O3S/c1-35-18-12-15(32-10-4-5-11-36(32,33)34)8-9-17(18)29-22-30-20-19(16(13-27-20)23(24,25)26)21(31-22)28-14-6-2-3-7-14/h8-9,12-14H,2-7,10-11H2,1H3,(H3,27,28,29,30,31). The fourth-order valence-corrected chi connectivity index (χ4v) is 6.45. The molecule has 0 atom stereocenters. The molecular formula is C23H27F3N6O3S. The number of anilines is 4. The van der Waals surface area contributed by atoms with Crippen LogP contribution in [0.4, 0.5) is 36.3 Å². The molecule has 1 aromatic carbocycles. The predicted molar refractivity (Wildman–Crippen MR) is 131 cm³/mol. The quantitative estimate of drug-likeness (QED) is 0.415. The topological polar surface area (TPSA) is 112 Å². The average molecular weight is 525 g/mol. The van der Waals surface area contributed by atoms with Gasteiger partial charge in [0.15, 0.2) is 0 Å². The van der Waals surface area contributed by atoms with Gasteiger partial charge in [-0.25, -0.2) is 8.42 Å². The van der Waals surface area contributed by atoms with E-state index in [4.69, 9.17) is 4.74 Å². The maximum atomic E-state index is 13.7. The van der Waals surface area contributed by atoms with Crippen molar-refractivity contribution < 1.29 is 26.3 Å². The van der Waals surface area contributed by atoms with Crippen molar-refractivity contribution in [3.05, 3.63) is 30.0 Å². The van der Waals surface area contributed by atoms with Crippen molar-refractivity contribution in [2.24, 2.45) is 0 Å². The van der Waals surface area contributed by atoms with Crippen LogP contribution in [0.15, 0.2) is 24.4 Å². The number of benzene rings is 1. The van der Waals surface area contributed by atoms with Crippen LogP contribution >= 0.6 is 0 Å². The van der Waals surface area contributed by atoms with E-state index in [1.54, 1.807) is 18.2 Å². The summed E-state index contributed by atoms with van der Waals surface area (Å²) in [5.41, 5.74) is 0.158. The van der Waals surface area contributed by atoms with Gasteiger partial charge in [0.05, 0.1) is 35.2 Å². The van der Waals surface area contributed by atoms with Gasteiger partial charge in [0.25, 0.3) is 0 Å². The molecule has 0 spiro atoms. The number of H-pyrrole nitrogens is 1. The molecule has 0 radical (unpaired) electrons. The number of aromatic nitrogens is 3. The lowest BCUT2D eigenvalue weighted by atomic mass is 10.2. The first-order valence-corrected chi connectivity index (χ1v) is 13.4. The van der Waals surface area contributed by atoms with Gasteiger partial charge in [-0.3, -0.25) is 4.31 Å². The Hall–Kier alpha value is -3.22. The van der Waals surface area contributed by atoms with E-state index in [1.165, 1.54) is 11.4 Å². The molecule has 1 saturated heterocycles. The van der Waals surface area contributed by atoms with Gasteiger partial charge in [-0.1, -0.05) is 12.8 Å². The van der Waals surface area contributed by atoms with Crippen LogP contribution < -0.4 is 19.7 Å². The van der Waals surface area contributed by atoms with Crippen molar-refractivity contribution in [1.29, 1.82) is 0 Å². The normalized spacial score (nSPS) is 18.5. The highest BCUT2D eigenvalue weighted by Crippen LogP contribution is 2.39. The van der Waals surface area contributed by atoms with E-state index >= 15 is 0 Å². The summed E-state index contributed by atoms with van der Waals surface area (Å²) < 4.78 is 72.8. The Morgan fingerprint density at radius 3 is 2.61 bits per heavy atom. The zero-order valence-electron chi connectivity index (χ0n) is 19.7. The van der Waals surface area contributed by atoms with Crippen LogP contribution in [-0.2, 0) is 16.2 Å². The van der Waals surface area contributed by atoms with Gasteiger partial charge in [-0.05, 0) is 37.8 Å². The van der Waals surface area contributed by atoms with E-state index in [9.17, 15) is 21.6 Å². The molecule has 5 rings (SSSR count). The predicted octanol–water partition coefficient (Wildman–Crippen LogP) is 5.01. The van der Waals surface area contributed by atoms with Crippen LogP contribution in [0.5, 0.6) is 5.75 Å². The van der Waals surface area contributed by atoms with E-state index in [1.807, 2.05) is 0 Å².